The highest BCUT2D eigenvalue weighted by molar-refractivity contribution is 4.91. The molecule has 2 heteroatoms. The number of likely N-dealkylation sites (N-methyl/N-ethyl adjacent to an activating group) is 1. The van der Waals surface area contributed by atoms with Crippen molar-refractivity contribution in [2.75, 3.05) is 20.2 Å². The number of hydrogen-bond donors (Lipinski definition) is 0. The fourth-order valence-corrected chi connectivity index (χ4v) is 2.38. The van der Waals surface area contributed by atoms with Crippen LogP contribution in [-0.2, 0) is 4.74 Å². The highest BCUT2D eigenvalue weighted by atomic mass is 16.5. The third-order valence-electron chi connectivity index (χ3n) is 3.27. The Balaban J connectivity index is 2.05. The molecule has 2 aliphatic heterocycles. The molecular formula is C9H17NO. The lowest BCUT2D eigenvalue weighted by Gasteiger charge is -2.27. The van der Waals surface area contributed by atoms with Crippen LogP contribution in [0.3, 0.4) is 0 Å². The van der Waals surface area contributed by atoms with Gasteiger partial charge in [0.05, 0.1) is 6.10 Å². The molecule has 2 rings (SSSR count). The van der Waals surface area contributed by atoms with Crippen LogP contribution in [0.1, 0.15) is 19.8 Å². The van der Waals surface area contributed by atoms with Crippen molar-refractivity contribution in [3.05, 3.63) is 0 Å². The van der Waals surface area contributed by atoms with Gasteiger partial charge in [-0.3, -0.25) is 0 Å². The Bertz CT molecular complexity index is 148. The summed E-state index contributed by atoms with van der Waals surface area (Å²) >= 11 is 0. The summed E-state index contributed by atoms with van der Waals surface area (Å²) in [6.07, 6.45) is 3.18. The maximum Gasteiger partial charge on any atom is 0.0744 e. The van der Waals surface area contributed by atoms with E-state index < -0.39 is 0 Å². The van der Waals surface area contributed by atoms with Gasteiger partial charge in [-0.05, 0) is 26.8 Å². The van der Waals surface area contributed by atoms with Crippen molar-refractivity contribution >= 4 is 0 Å². The monoisotopic (exact) mass is 155 g/mol. The Morgan fingerprint density at radius 2 is 2.27 bits per heavy atom. The van der Waals surface area contributed by atoms with E-state index in [-0.39, 0.29) is 0 Å². The largest absolute Gasteiger partial charge is 0.377 e. The summed E-state index contributed by atoms with van der Waals surface area (Å²) < 4.78 is 5.70. The molecule has 0 N–H and O–H groups in total. The van der Waals surface area contributed by atoms with Gasteiger partial charge in [-0.25, -0.2) is 0 Å². The average molecular weight is 155 g/mol. The van der Waals surface area contributed by atoms with Gasteiger partial charge in [0.1, 0.15) is 0 Å². The average Bonchev–Trinajstić information content (AvgIpc) is 2.30. The highest BCUT2D eigenvalue weighted by Crippen LogP contribution is 2.32. The van der Waals surface area contributed by atoms with Crippen molar-refractivity contribution in [2.24, 2.45) is 5.92 Å². The number of ether oxygens (including phenoxy) is 1. The molecule has 0 radical (unpaired) electrons. The molecule has 2 nitrogen and oxygen atoms in total. The normalized spacial score (nSPS) is 45.8. The molecule has 0 aromatic rings. The van der Waals surface area contributed by atoms with Crippen molar-refractivity contribution in [1.29, 1.82) is 0 Å². The fraction of sp³-hybridized carbons (Fsp3) is 1.00. The SMILES string of the molecule is CC1C2CCCOC2CN1C. The van der Waals surface area contributed by atoms with E-state index >= 15 is 0 Å². The summed E-state index contributed by atoms with van der Waals surface area (Å²) in [5, 5.41) is 0. The van der Waals surface area contributed by atoms with Gasteiger partial charge in [-0.2, -0.15) is 0 Å². The van der Waals surface area contributed by atoms with Crippen molar-refractivity contribution in [3.8, 4) is 0 Å². The first kappa shape index (κ1) is 7.56. The summed E-state index contributed by atoms with van der Waals surface area (Å²) in [6, 6.07) is 0.736. The number of rotatable bonds is 0. The molecule has 0 saturated carbocycles. The summed E-state index contributed by atoms with van der Waals surface area (Å²) in [6.45, 7) is 4.45. The Labute approximate surface area is 68.5 Å². The van der Waals surface area contributed by atoms with Crippen molar-refractivity contribution < 1.29 is 4.74 Å². The Kier molecular flexibility index (Phi) is 1.90. The van der Waals surface area contributed by atoms with Crippen LogP contribution < -0.4 is 0 Å². The molecule has 0 bridgehead atoms. The predicted molar refractivity (Wildman–Crippen MR) is 44.6 cm³/mol. The van der Waals surface area contributed by atoms with Crippen LogP contribution in [0.2, 0.25) is 0 Å². The van der Waals surface area contributed by atoms with Gasteiger partial charge >= 0.3 is 0 Å². The molecule has 11 heavy (non-hydrogen) atoms. The Hall–Kier alpha value is -0.0800. The van der Waals surface area contributed by atoms with Crippen LogP contribution in [0, 0.1) is 5.92 Å². The minimum Gasteiger partial charge on any atom is -0.377 e. The van der Waals surface area contributed by atoms with Gasteiger partial charge < -0.3 is 9.64 Å². The van der Waals surface area contributed by atoms with E-state index in [0.717, 1.165) is 25.1 Å². The van der Waals surface area contributed by atoms with Crippen LogP contribution in [-0.4, -0.2) is 37.2 Å². The van der Waals surface area contributed by atoms with Crippen LogP contribution in [0.5, 0.6) is 0 Å². The number of hydrogen-bond acceptors (Lipinski definition) is 2. The van der Waals surface area contributed by atoms with Crippen LogP contribution in [0.4, 0.5) is 0 Å². The van der Waals surface area contributed by atoms with Crippen LogP contribution in [0.15, 0.2) is 0 Å². The predicted octanol–water partition coefficient (Wildman–Crippen LogP) is 1.12. The summed E-state index contributed by atoms with van der Waals surface area (Å²) in [4.78, 5) is 2.42. The first-order valence-corrected chi connectivity index (χ1v) is 4.61. The van der Waals surface area contributed by atoms with E-state index in [4.69, 9.17) is 4.74 Å². The molecular weight excluding hydrogens is 138 g/mol. The van der Waals surface area contributed by atoms with Gasteiger partial charge in [0.25, 0.3) is 0 Å². The standard InChI is InChI=1S/C9H17NO/c1-7-8-4-3-5-11-9(8)6-10(7)2/h7-9H,3-6H2,1-2H3. The number of likely N-dealkylation sites (tertiary alicyclic amines) is 1. The lowest BCUT2D eigenvalue weighted by molar-refractivity contribution is -0.00478. The van der Waals surface area contributed by atoms with E-state index in [1.807, 2.05) is 0 Å². The van der Waals surface area contributed by atoms with Gasteiger partial charge in [-0.15, -0.1) is 0 Å². The first-order chi connectivity index (χ1) is 5.29. The number of fused-ring (bicyclic) bond motifs is 1. The minimum absolute atomic E-state index is 0.545. The van der Waals surface area contributed by atoms with Gasteiger partial charge in [0.2, 0.25) is 0 Å². The number of nitrogens with zero attached hydrogens (tertiary/aromatic N) is 1. The minimum atomic E-state index is 0.545. The van der Waals surface area contributed by atoms with Gasteiger partial charge in [-0.1, -0.05) is 0 Å². The van der Waals surface area contributed by atoms with E-state index in [0.29, 0.717) is 6.10 Å². The molecule has 0 aliphatic carbocycles. The van der Waals surface area contributed by atoms with Crippen molar-refractivity contribution in [3.63, 3.8) is 0 Å². The molecule has 0 amide bonds. The molecule has 2 heterocycles. The molecule has 2 saturated heterocycles. The van der Waals surface area contributed by atoms with Gasteiger partial charge in [0, 0.05) is 25.1 Å². The topological polar surface area (TPSA) is 12.5 Å². The van der Waals surface area contributed by atoms with E-state index in [2.05, 4.69) is 18.9 Å². The molecule has 2 aliphatic rings. The lowest BCUT2D eigenvalue weighted by atomic mass is 9.92. The van der Waals surface area contributed by atoms with Crippen molar-refractivity contribution in [2.45, 2.75) is 31.9 Å². The third kappa shape index (κ3) is 1.18. The molecule has 0 spiro atoms. The Morgan fingerprint density at radius 3 is 3.00 bits per heavy atom. The molecule has 0 aromatic heterocycles. The lowest BCUT2D eigenvalue weighted by Crippen LogP contribution is -2.30. The smallest absolute Gasteiger partial charge is 0.0744 e. The summed E-state index contributed by atoms with van der Waals surface area (Å²) in [5.74, 6) is 0.814. The van der Waals surface area contributed by atoms with Gasteiger partial charge in [0.15, 0.2) is 0 Å². The quantitative estimate of drug-likeness (QED) is 0.519. The maximum absolute atomic E-state index is 5.70. The molecule has 2 fully saturated rings. The second-order valence-corrected chi connectivity index (χ2v) is 3.90. The Morgan fingerprint density at radius 1 is 1.45 bits per heavy atom. The second-order valence-electron chi connectivity index (χ2n) is 3.90. The zero-order chi connectivity index (χ0) is 7.84. The van der Waals surface area contributed by atoms with Crippen LogP contribution in [0.25, 0.3) is 0 Å². The van der Waals surface area contributed by atoms with E-state index in [9.17, 15) is 0 Å². The van der Waals surface area contributed by atoms with E-state index in [1.165, 1.54) is 12.8 Å². The third-order valence-corrected chi connectivity index (χ3v) is 3.27. The molecule has 0 aromatic carbocycles. The molecule has 64 valence electrons. The summed E-state index contributed by atoms with van der Waals surface area (Å²) in [5.41, 5.74) is 0. The maximum atomic E-state index is 5.70. The second kappa shape index (κ2) is 2.76. The van der Waals surface area contributed by atoms with E-state index in [1.54, 1.807) is 0 Å². The zero-order valence-corrected chi connectivity index (χ0v) is 7.42. The molecule has 3 unspecified atom stereocenters. The first-order valence-electron chi connectivity index (χ1n) is 4.61. The summed E-state index contributed by atoms with van der Waals surface area (Å²) in [7, 11) is 2.20. The zero-order valence-electron chi connectivity index (χ0n) is 7.42. The van der Waals surface area contributed by atoms with Crippen LogP contribution >= 0.6 is 0 Å². The highest BCUT2D eigenvalue weighted by Gasteiger charge is 2.39. The van der Waals surface area contributed by atoms with Crippen molar-refractivity contribution in [1.82, 2.24) is 4.90 Å². The fourth-order valence-electron chi connectivity index (χ4n) is 2.38. The molecule has 3 atom stereocenters.